The minimum absolute atomic E-state index is 0.639. The van der Waals surface area contributed by atoms with E-state index >= 15 is 0 Å². The van der Waals surface area contributed by atoms with Crippen molar-refractivity contribution in [3.8, 4) is 0 Å². The maximum absolute atomic E-state index is 10.0. The molecule has 0 aliphatic rings. The third-order valence-corrected chi connectivity index (χ3v) is 2.54. The maximum Gasteiger partial charge on any atom is 0.110 e. The van der Waals surface area contributed by atoms with Gasteiger partial charge < -0.3 is 0 Å². The molecule has 0 spiro atoms. The lowest BCUT2D eigenvalue weighted by Crippen LogP contribution is -2.10. The summed E-state index contributed by atoms with van der Waals surface area (Å²) in [4.78, 5) is 0. The van der Waals surface area contributed by atoms with Gasteiger partial charge in [-0.15, -0.1) is 0 Å². The van der Waals surface area contributed by atoms with E-state index in [9.17, 15) is 5.21 Å². The molecule has 2 rings (SSSR count). The van der Waals surface area contributed by atoms with Crippen molar-refractivity contribution in [3.05, 3.63) is 41.2 Å². The van der Waals surface area contributed by atoms with E-state index in [0.29, 0.717) is 16.4 Å². The Kier molecular flexibility index (Phi) is 2.85. The van der Waals surface area contributed by atoms with E-state index in [-0.39, 0.29) is 0 Å². The smallest absolute Gasteiger partial charge is 0.110 e. The van der Waals surface area contributed by atoms with Gasteiger partial charge in [-0.05, 0) is 31.2 Å². The normalized spacial score (nSPS) is 10.5. The number of rotatable bonds is 2. The van der Waals surface area contributed by atoms with Gasteiger partial charge in [-0.2, -0.15) is 5.10 Å². The monoisotopic (exact) mass is 237 g/mol. The highest BCUT2D eigenvalue weighted by Gasteiger charge is 2.11. The van der Waals surface area contributed by atoms with Crippen molar-refractivity contribution in [2.45, 2.75) is 6.92 Å². The molecule has 1 N–H and O–H groups in total. The fourth-order valence-electron chi connectivity index (χ4n) is 1.52. The summed E-state index contributed by atoms with van der Waals surface area (Å²) in [6, 6.07) is 6.95. The maximum atomic E-state index is 10.0. The molecule has 0 aliphatic heterocycles. The van der Waals surface area contributed by atoms with Crippen LogP contribution >= 0.6 is 11.6 Å². The predicted octanol–water partition coefficient (Wildman–Crippen LogP) is 2.91. The van der Waals surface area contributed by atoms with Crippen LogP contribution in [-0.2, 0) is 7.05 Å². The number of halogens is 1. The number of anilines is 2. The Bertz CT molecular complexity index is 492. The standard InChI is InChI=1S/C11H12ClN3O/c1-8-11(7-14(2)13-8)15(16)10-5-3-9(12)4-6-10/h3-7,16H,1-2H3. The number of aromatic nitrogens is 2. The van der Waals surface area contributed by atoms with Gasteiger partial charge in [-0.25, -0.2) is 5.06 Å². The Hall–Kier alpha value is -1.52. The van der Waals surface area contributed by atoms with Crippen LogP contribution in [0.1, 0.15) is 5.69 Å². The number of nitrogens with zero attached hydrogens (tertiary/aromatic N) is 3. The Morgan fingerprint density at radius 3 is 2.44 bits per heavy atom. The second-order valence-corrected chi connectivity index (χ2v) is 4.00. The summed E-state index contributed by atoms with van der Waals surface area (Å²) in [5.74, 6) is 0. The molecule has 2 aromatic rings. The van der Waals surface area contributed by atoms with Crippen molar-refractivity contribution >= 4 is 23.0 Å². The van der Waals surface area contributed by atoms with Gasteiger partial charge in [0.2, 0.25) is 0 Å². The Morgan fingerprint density at radius 2 is 1.94 bits per heavy atom. The van der Waals surface area contributed by atoms with Gasteiger partial charge in [0.15, 0.2) is 0 Å². The SMILES string of the molecule is Cc1nn(C)cc1N(O)c1ccc(Cl)cc1. The highest BCUT2D eigenvalue weighted by atomic mass is 35.5. The van der Waals surface area contributed by atoms with Gasteiger partial charge in [0.1, 0.15) is 5.69 Å². The lowest BCUT2D eigenvalue weighted by Gasteiger charge is -2.15. The molecular weight excluding hydrogens is 226 g/mol. The molecule has 0 amide bonds. The molecule has 0 aliphatic carbocycles. The Balaban J connectivity index is 2.35. The lowest BCUT2D eigenvalue weighted by atomic mass is 10.3. The zero-order valence-electron chi connectivity index (χ0n) is 9.05. The molecule has 0 saturated carbocycles. The number of hydrogen-bond acceptors (Lipinski definition) is 3. The number of aryl methyl sites for hydroxylation is 2. The second-order valence-electron chi connectivity index (χ2n) is 3.56. The molecule has 0 unspecified atom stereocenters. The number of benzene rings is 1. The first-order valence-corrected chi connectivity index (χ1v) is 5.20. The van der Waals surface area contributed by atoms with Gasteiger partial charge in [-0.3, -0.25) is 9.89 Å². The summed E-state index contributed by atoms with van der Waals surface area (Å²) >= 11 is 5.78. The molecule has 0 saturated heterocycles. The summed E-state index contributed by atoms with van der Waals surface area (Å²) in [5.41, 5.74) is 2.07. The fourth-order valence-corrected chi connectivity index (χ4v) is 1.64. The zero-order valence-corrected chi connectivity index (χ0v) is 9.81. The third-order valence-electron chi connectivity index (χ3n) is 2.29. The summed E-state index contributed by atoms with van der Waals surface area (Å²) in [5, 5.41) is 15.9. The Labute approximate surface area is 98.6 Å². The van der Waals surface area contributed by atoms with Crippen molar-refractivity contribution in [2.24, 2.45) is 7.05 Å². The summed E-state index contributed by atoms with van der Waals surface area (Å²) < 4.78 is 1.66. The molecular formula is C11H12ClN3O. The number of hydrogen-bond donors (Lipinski definition) is 1. The van der Waals surface area contributed by atoms with Crippen molar-refractivity contribution < 1.29 is 5.21 Å². The molecule has 0 radical (unpaired) electrons. The van der Waals surface area contributed by atoms with E-state index in [0.717, 1.165) is 10.8 Å². The molecule has 1 heterocycles. The van der Waals surface area contributed by atoms with Gasteiger partial charge in [0.25, 0.3) is 0 Å². The van der Waals surface area contributed by atoms with Crippen molar-refractivity contribution in [1.82, 2.24) is 9.78 Å². The summed E-state index contributed by atoms with van der Waals surface area (Å²) in [6.07, 6.45) is 1.75. The van der Waals surface area contributed by atoms with Crippen LogP contribution in [0.15, 0.2) is 30.5 Å². The molecule has 0 fully saturated rings. The van der Waals surface area contributed by atoms with Crippen LogP contribution in [-0.4, -0.2) is 15.0 Å². The quantitative estimate of drug-likeness (QED) is 0.817. The van der Waals surface area contributed by atoms with E-state index in [4.69, 9.17) is 11.6 Å². The van der Waals surface area contributed by atoms with E-state index in [1.807, 2.05) is 14.0 Å². The average Bonchev–Trinajstić information content (AvgIpc) is 2.58. The average molecular weight is 238 g/mol. The minimum Gasteiger partial charge on any atom is -0.283 e. The molecule has 0 atom stereocenters. The third kappa shape index (κ3) is 2.03. The summed E-state index contributed by atoms with van der Waals surface area (Å²) in [6.45, 7) is 1.84. The first-order chi connectivity index (χ1) is 7.58. The van der Waals surface area contributed by atoms with Crippen LogP contribution in [0, 0.1) is 6.92 Å². The fraction of sp³-hybridized carbons (Fsp3) is 0.182. The van der Waals surface area contributed by atoms with Crippen LogP contribution in [0.3, 0.4) is 0 Å². The highest BCUT2D eigenvalue weighted by molar-refractivity contribution is 6.30. The van der Waals surface area contributed by atoms with Gasteiger partial charge in [0.05, 0.1) is 17.6 Å². The molecule has 0 bridgehead atoms. The molecule has 1 aromatic heterocycles. The predicted molar refractivity (Wildman–Crippen MR) is 63.3 cm³/mol. The lowest BCUT2D eigenvalue weighted by molar-refractivity contribution is 0.300. The molecule has 84 valence electrons. The van der Waals surface area contributed by atoms with E-state index in [1.54, 1.807) is 35.1 Å². The summed E-state index contributed by atoms with van der Waals surface area (Å²) in [7, 11) is 1.81. The van der Waals surface area contributed by atoms with Gasteiger partial charge >= 0.3 is 0 Å². The molecule has 5 heteroatoms. The minimum atomic E-state index is 0.639. The van der Waals surface area contributed by atoms with Gasteiger partial charge in [-0.1, -0.05) is 11.6 Å². The van der Waals surface area contributed by atoms with Crippen LogP contribution in [0.5, 0.6) is 0 Å². The highest BCUT2D eigenvalue weighted by Crippen LogP contribution is 2.26. The Morgan fingerprint density at radius 1 is 1.31 bits per heavy atom. The van der Waals surface area contributed by atoms with E-state index in [2.05, 4.69) is 5.10 Å². The van der Waals surface area contributed by atoms with Crippen LogP contribution in [0.25, 0.3) is 0 Å². The topological polar surface area (TPSA) is 41.3 Å². The van der Waals surface area contributed by atoms with Crippen molar-refractivity contribution in [1.29, 1.82) is 0 Å². The van der Waals surface area contributed by atoms with E-state index in [1.165, 1.54) is 0 Å². The second kappa shape index (κ2) is 4.15. The first kappa shape index (κ1) is 11.0. The van der Waals surface area contributed by atoms with Gasteiger partial charge in [0, 0.05) is 12.1 Å². The van der Waals surface area contributed by atoms with Crippen LogP contribution in [0.4, 0.5) is 11.4 Å². The largest absolute Gasteiger partial charge is 0.283 e. The molecule has 4 nitrogen and oxygen atoms in total. The molecule has 16 heavy (non-hydrogen) atoms. The zero-order chi connectivity index (χ0) is 11.7. The van der Waals surface area contributed by atoms with Crippen LogP contribution < -0.4 is 5.06 Å². The van der Waals surface area contributed by atoms with E-state index < -0.39 is 0 Å². The molecule has 1 aromatic carbocycles. The van der Waals surface area contributed by atoms with Crippen LogP contribution in [0.2, 0.25) is 5.02 Å². The van der Waals surface area contributed by atoms with Crippen molar-refractivity contribution in [3.63, 3.8) is 0 Å². The van der Waals surface area contributed by atoms with Crippen molar-refractivity contribution in [2.75, 3.05) is 5.06 Å². The first-order valence-electron chi connectivity index (χ1n) is 4.83.